The topological polar surface area (TPSA) is 68.0 Å². The number of rotatable bonds is 2. The predicted octanol–water partition coefficient (Wildman–Crippen LogP) is 2.66. The minimum absolute atomic E-state index is 0.101. The highest BCUT2D eigenvalue weighted by molar-refractivity contribution is 7.16. The highest BCUT2D eigenvalue weighted by atomic mass is 32.1. The molecule has 2 aromatic rings. The number of carbonyl (C=O) groups is 1. The van der Waals surface area contributed by atoms with Crippen molar-refractivity contribution in [3.8, 4) is 5.13 Å². The molecule has 0 radical (unpaired) electrons. The standard InChI is InChI=1S/C10H8F3N3O2S/c1-4-3-6(10(11,12)13)16(15-4)9-14-5(2)7(19-9)8(17)18/h3H,1-2H3,(H,17,18). The van der Waals surface area contributed by atoms with Gasteiger partial charge in [-0.15, -0.1) is 0 Å². The Kier molecular flexibility index (Phi) is 3.09. The van der Waals surface area contributed by atoms with E-state index >= 15 is 0 Å². The predicted molar refractivity (Wildman–Crippen MR) is 60.7 cm³/mol. The van der Waals surface area contributed by atoms with Crippen molar-refractivity contribution in [2.45, 2.75) is 20.0 Å². The number of carboxylic acid groups (broad SMARTS) is 1. The van der Waals surface area contributed by atoms with Crippen LogP contribution in [-0.2, 0) is 6.18 Å². The molecule has 0 fully saturated rings. The lowest BCUT2D eigenvalue weighted by Gasteiger charge is -2.06. The number of aromatic carboxylic acids is 1. The zero-order valence-electron chi connectivity index (χ0n) is 9.82. The van der Waals surface area contributed by atoms with Crippen molar-refractivity contribution < 1.29 is 23.1 Å². The van der Waals surface area contributed by atoms with Crippen molar-refractivity contribution in [2.24, 2.45) is 0 Å². The molecule has 0 aliphatic carbocycles. The lowest BCUT2D eigenvalue weighted by molar-refractivity contribution is -0.142. The fourth-order valence-electron chi connectivity index (χ4n) is 1.52. The molecule has 0 unspecified atom stereocenters. The number of hydrogen-bond acceptors (Lipinski definition) is 4. The van der Waals surface area contributed by atoms with Crippen LogP contribution in [-0.4, -0.2) is 25.8 Å². The zero-order valence-corrected chi connectivity index (χ0v) is 10.6. The Morgan fingerprint density at radius 3 is 2.53 bits per heavy atom. The van der Waals surface area contributed by atoms with E-state index in [2.05, 4.69) is 10.1 Å². The SMILES string of the molecule is Cc1cc(C(F)(F)F)n(-c2nc(C)c(C(=O)O)s2)n1. The molecule has 0 amide bonds. The molecule has 0 bridgehead atoms. The molecule has 0 aliphatic rings. The van der Waals surface area contributed by atoms with Crippen molar-refractivity contribution in [2.75, 3.05) is 0 Å². The molecule has 2 heterocycles. The minimum Gasteiger partial charge on any atom is -0.477 e. The van der Waals surface area contributed by atoms with Crippen LogP contribution in [0.4, 0.5) is 13.2 Å². The van der Waals surface area contributed by atoms with Crippen LogP contribution in [0.15, 0.2) is 6.07 Å². The number of aromatic nitrogens is 3. The van der Waals surface area contributed by atoms with Crippen molar-refractivity contribution >= 4 is 17.3 Å². The van der Waals surface area contributed by atoms with E-state index in [1.165, 1.54) is 13.8 Å². The summed E-state index contributed by atoms with van der Waals surface area (Å²) < 4.78 is 39.1. The van der Waals surface area contributed by atoms with Gasteiger partial charge in [0.2, 0.25) is 5.13 Å². The third-order valence-electron chi connectivity index (χ3n) is 2.28. The minimum atomic E-state index is -4.58. The first-order chi connectivity index (χ1) is 8.70. The van der Waals surface area contributed by atoms with Crippen LogP contribution in [0.25, 0.3) is 5.13 Å². The normalized spacial score (nSPS) is 11.8. The summed E-state index contributed by atoms with van der Waals surface area (Å²) in [5.74, 6) is -1.22. The Morgan fingerprint density at radius 2 is 2.05 bits per heavy atom. The van der Waals surface area contributed by atoms with Gasteiger partial charge in [-0.3, -0.25) is 0 Å². The molecular formula is C10H8F3N3O2S. The van der Waals surface area contributed by atoms with Crippen molar-refractivity contribution in [3.63, 3.8) is 0 Å². The second-order valence-electron chi connectivity index (χ2n) is 3.80. The second-order valence-corrected chi connectivity index (χ2v) is 4.77. The maximum atomic E-state index is 12.8. The summed E-state index contributed by atoms with van der Waals surface area (Å²) in [6.07, 6.45) is -4.58. The number of thiazole rings is 1. The highest BCUT2D eigenvalue weighted by Crippen LogP contribution is 2.33. The zero-order chi connectivity index (χ0) is 14.4. The summed E-state index contributed by atoms with van der Waals surface area (Å²) in [5, 5.41) is 12.5. The third-order valence-corrected chi connectivity index (χ3v) is 3.40. The monoisotopic (exact) mass is 291 g/mol. The van der Waals surface area contributed by atoms with Crippen LogP contribution in [0.3, 0.4) is 0 Å². The van der Waals surface area contributed by atoms with Crippen LogP contribution in [0.1, 0.15) is 26.8 Å². The molecule has 2 rings (SSSR count). The molecule has 102 valence electrons. The summed E-state index contributed by atoms with van der Waals surface area (Å²) >= 11 is 0.654. The average molecular weight is 291 g/mol. The highest BCUT2D eigenvalue weighted by Gasteiger charge is 2.36. The molecule has 0 saturated carbocycles. The number of carboxylic acids is 1. The van der Waals surface area contributed by atoms with Gasteiger partial charge < -0.3 is 5.11 Å². The quantitative estimate of drug-likeness (QED) is 0.923. The largest absolute Gasteiger partial charge is 0.477 e. The maximum absolute atomic E-state index is 12.8. The molecule has 1 N–H and O–H groups in total. The summed E-state index contributed by atoms with van der Waals surface area (Å²) in [6, 6.07) is 0.886. The molecule has 19 heavy (non-hydrogen) atoms. The number of halogens is 3. The van der Waals surface area contributed by atoms with E-state index in [-0.39, 0.29) is 21.4 Å². The van der Waals surface area contributed by atoms with Crippen LogP contribution in [0.2, 0.25) is 0 Å². The third kappa shape index (κ3) is 2.46. The van der Waals surface area contributed by atoms with Gasteiger partial charge in [0.15, 0.2) is 5.69 Å². The molecule has 0 aliphatic heterocycles. The van der Waals surface area contributed by atoms with Gasteiger partial charge in [0.1, 0.15) is 4.88 Å². The number of alkyl halides is 3. The Labute approximate surface area is 109 Å². The molecule has 2 aromatic heterocycles. The summed E-state index contributed by atoms with van der Waals surface area (Å²) in [5.41, 5.74) is -0.637. The van der Waals surface area contributed by atoms with Crippen LogP contribution >= 0.6 is 11.3 Å². The van der Waals surface area contributed by atoms with Crippen molar-refractivity contribution in [1.82, 2.24) is 14.8 Å². The molecule has 0 spiro atoms. The average Bonchev–Trinajstić information content (AvgIpc) is 2.80. The first-order valence-corrected chi connectivity index (χ1v) is 5.86. The van der Waals surface area contributed by atoms with Crippen LogP contribution in [0.5, 0.6) is 0 Å². The Morgan fingerprint density at radius 1 is 1.42 bits per heavy atom. The molecule has 9 heteroatoms. The lowest BCUT2D eigenvalue weighted by atomic mass is 10.3. The maximum Gasteiger partial charge on any atom is 0.433 e. The number of nitrogens with zero attached hydrogens (tertiary/aromatic N) is 3. The van der Waals surface area contributed by atoms with E-state index in [9.17, 15) is 18.0 Å². The molecule has 0 atom stereocenters. The van der Waals surface area contributed by atoms with Gasteiger partial charge in [-0.2, -0.15) is 18.3 Å². The molecule has 5 nitrogen and oxygen atoms in total. The van der Waals surface area contributed by atoms with Gasteiger partial charge in [-0.25, -0.2) is 14.5 Å². The summed E-state index contributed by atoms with van der Waals surface area (Å²) in [7, 11) is 0. The van der Waals surface area contributed by atoms with E-state index in [1.807, 2.05) is 0 Å². The van der Waals surface area contributed by atoms with Crippen LogP contribution in [0, 0.1) is 13.8 Å². The van der Waals surface area contributed by atoms with Gasteiger partial charge >= 0.3 is 12.1 Å². The summed E-state index contributed by atoms with van der Waals surface area (Å²) in [4.78, 5) is 14.6. The summed E-state index contributed by atoms with van der Waals surface area (Å²) in [6.45, 7) is 2.84. The Balaban J connectivity index is 2.59. The van der Waals surface area contributed by atoms with Crippen molar-refractivity contribution in [1.29, 1.82) is 0 Å². The molecule has 0 aromatic carbocycles. The fraction of sp³-hybridized carbons (Fsp3) is 0.300. The van der Waals surface area contributed by atoms with E-state index < -0.39 is 17.8 Å². The van der Waals surface area contributed by atoms with Crippen LogP contribution < -0.4 is 0 Å². The molecular weight excluding hydrogens is 283 g/mol. The Bertz CT molecular complexity index is 645. The van der Waals surface area contributed by atoms with E-state index in [0.717, 1.165) is 6.07 Å². The first kappa shape index (κ1) is 13.5. The number of aryl methyl sites for hydroxylation is 2. The van der Waals surface area contributed by atoms with E-state index in [1.54, 1.807) is 0 Å². The smallest absolute Gasteiger partial charge is 0.433 e. The van der Waals surface area contributed by atoms with E-state index in [4.69, 9.17) is 5.11 Å². The Hall–Kier alpha value is -1.90. The van der Waals surface area contributed by atoms with Gasteiger partial charge in [0.05, 0.1) is 11.4 Å². The number of hydrogen-bond donors (Lipinski definition) is 1. The molecule has 0 saturated heterocycles. The second kappa shape index (κ2) is 4.34. The fourth-order valence-corrected chi connectivity index (χ4v) is 2.39. The lowest BCUT2D eigenvalue weighted by Crippen LogP contribution is -2.13. The van der Waals surface area contributed by atoms with Crippen molar-refractivity contribution in [3.05, 3.63) is 28.0 Å². The van der Waals surface area contributed by atoms with Gasteiger partial charge in [-0.05, 0) is 19.9 Å². The van der Waals surface area contributed by atoms with Gasteiger partial charge in [0, 0.05) is 0 Å². The van der Waals surface area contributed by atoms with Gasteiger partial charge in [-0.1, -0.05) is 11.3 Å². The first-order valence-electron chi connectivity index (χ1n) is 5.05. The van der Waals surface area contributed by atoms with Gasteiger partial charge in [0.25, 0.3) is 0 Å². The van der Waals surface area contributed by atoms with E-state index in [0.29, 0.717) is 16.0 Å².